The van der Waals surface area contributed by atoms with E-state index in [-0.39, 0.29) is 24.5 Å². The van der Waals surface area contributed by atoms with E-state index < -0.39 is 23.2 Å². The van der Waals surface area contributed by atoms with Crippen LogP contribution in [0.15, 0.2) is 30.3 Å². The average Bonchev–Trinajstić information content (AvgIpc) is 3.22. The summed E-state index contributed by atoms with van der Waals surface area (Å²) in [4.78, 5) is 42.5. The second-order valence-electron chi connectivity index (χ2n) is 11.0. The molecule has 1 aliphatic rings. The number of benzene rings is 1. The lowest BCUT2D eigenvalue weighted by atomic mass is 9.98. The molecule has 0 aliphatic carbocycles. The van der Waals surface area contributed by atoms with Crippen LogP contribution in [0.5, 0.6) is 0 Å². The number of carbonyl (C=O) groups is 3. The van der Waals surface area contributed by atoms with E-state index in [9.17, 15) is 14.4 Å². The van der Waals surface area contributed by atoms with Crippen molar-refractivity contribution in [3.8, 4) is 0 Å². The lowest BCUT2D eigenvalue weighted by molar-refractivity contribution is -0.162. The van der Waals surface area contributed by atoms with Gasteiger partial charge in [0, 0.05) is 19.6 Å². The Labute approximate surface area is 204 Å². The highest BCUT2D eigenvalue weighted by Gasteiger charge is 2.39. The summed E-state index contributed by atoms with van der Waals surface area (Å²) in [5, 5.41) is 0. The number of hydrogen-bond donors (Lipinski definition) is 0. The molecular weight excluding hydrogens is 432 g/mol. The molecule has 1 unspecified atom stereocenters. The molecule has 2 atom stereocenters. The molecule has 1 aromatic rings. The van der Waals surface area contributed by atoms with Crippen LogP contribution in [0.3, 0.4) is 0 Å². The van der Waals surface area contributed by atoms with Crippen LogP contribution in [0.1, 0.15) is 73.3 Å². The van der Waals surface area contributed by atoms with Crippen molar-refractivity contribution >= 4 is 18.0 Å². The fourth-order valence-electron chi connectivity index (χ4n) is 4.05. The van der Waals surface area contributed by atoms with Crippen LogP contribution in [-0.4, -0.2) is 64.6 Å². The predicted octanol–water partition coefficient (Wildman–Crippen LogP) is 4.83. The molecule has 1 aliphatic heterocycles. The first-order valence-corrected chi connectivity index (χ1v) is 12.4. The monoisotopic (exact) mass is 474 g/mol. The molecule has 0 bridgehead atoms. The molecular formula is C27H42N2O5. The van der Waals surface area contributed by atoms with Gasteiger partial charge in [0.15, 0.2) is 0 Å². The lowest BCUT2D eigenvalue weighted by Crippen LogP contribution is -2.51. The standard InChI is InChI=1S/C27H42N2O5/c1-8-28(25(32)29-18-12-15-22(29)24(31)34-27(5,6)7)19-21(23(30)33-26(2,3)4)17-16-20-13-10-9-11-14-20/h9-11,13-14,21-22H,8,12,15-19H2,1-7H3/t21?,22-/m0/s1. The number of carbonyl (C=O) groups excluding carboxylic acids is 3. The van der Waals surface area contributed by atoms with Gasteiger partial charge in [0.1, 0.15) is 17.2 Å². The van der Waals surface area contributed by atoms with Crippen molar-refractivity contribution < 1.29 is 23.9 Å². The maximum Gasteiger partial charge on any atom is 0.329 e. The molecule has 2 rings (SSSR count). The number of ether oxygens (including phenoxy) is 2. The largest absolute Gasteiger partial charge is 0.460 e. The van der Waals surface area contributed by atoms with Crippen molar-refractivity contribution in [2.75, 3.05) is 19.6 Å². The Bertz CT molecular complexity index is 826. The van der Waals surface area contributed by atoms with Gasteiger partial charge in [-0.1, -0.05) is 30.3 Å². The molecule has 0 aromatic heterocycles. The molecule has 1 aromatic carbocycles. The lowest BCUT2D eigenvalue weighted by Gasteiger charge is -2.33. The fraction of sp³-hybridized carbons (Fsp3) is 0.667. The molecule has 7 nitrogen and oxygen atoms in total. The Morgan fingerprint density at radius 2 is 1.65 bits per heavy atom. The maximum absolute atomic E-state index is 13.5. The molecule has 1 fully saturated rings. The number of urea groups is 1. The molecule has 7 heteroatoms. The fourth-order valence-corrected chi connectivity index (χ4v) is 4.05. The van der Waals surface area contributed by atoms with Crippen molar-refractivity contribution in [1.82, 2.24) is 9.80 Å². The molecule has 0 radical (unpaired) electrons. The minimum Gasteiger partial charge on any atom is -0.460 e. The smallest absolute Gasteiger partial charge is 0.329 e. The first-order chi connectivity index (χ1) is 15.8. The summed E-state index contributed by atoms with van der Waals surface area (Å²) < 4.78 is 11.2. The van der Waals surface area contributed by atoms with Gasteiger partial charge in [-0.25, -0.2) is 9.59 Å². The van der Waals surface area contributed by atoms with Crippen LogP contribution < -0.4 is 0 Å². The topological polar surface area (TPSA) is 76.2 Å². The van der Waals surface area contributed by atoms with Gasteiger partial charge in [-0.2, -0.15) is 0 Å². The summed E-state index contributed by atoms with van der Waals surface area (Å²) in [6.07, 6.45) is 2.61. The van der Waals surface area contributed by atoms with E-state index >= 15 is 0 Å². The molecule has 1 heterocycles. The second-order valence-corrected chi connectivity index (χ2v) is 11.0. The maximum atomic E-state index is 13.5. The van der Waals surface area contributed by atoms with E-state index in [1.54, 1.807) is 9.80 Å². The molecule has 0 saturated carbocycles. The number of nitrogens with zero attached hydrogens (tertiary/aromatic N) is 2. The molecule has 0 N–H and O–H groups in total. The zero-order valence-corrected chi connectivity index (χ0v) is 21.9. The number of esters is 2. The number of hydrogen-bond acceptors (Lipinski definition) is 5. The summed E-state index contributed by atoms with van der Waals surface area (Å²) >= 11 is 0. The quantitative estimate of drug-likeness (QED) is 0.505. The SMILES string of the molecule is CCN(CC(CCc1ccccc1)C(=O)OC(C)(C)C)C(=O)N1CCC[C@H]1C(=O)OC(C)(C)C. The van der Waals surface area contributed by atoms with Crippen LogP contribution in [-0.2, 0) is 25.5 Å². The zero-order chi connectivity index (χ0) is 25.5. The number of likely N-dealkylation sites (tertiary alicyclic amines) is 1. The molecule has 34 heavy (non-hydrogen) atoms. The van der Waals surface area contributed by atoms with E-state index in [2.05, 4.69) is 0 Å². The highest BCUT2D eigenvalue weighted by atomic mass is 16.6. The first-order valence-electron chi connectivity index (χ1n) is 12.4. The van der Waals surface area contributed by atoms with Crippen molar-refractivity contribution in [2.45, 2.75) is 91.4 Å². The molecule has 0 spiro atoms. The third kappa shape index (κ3) is 8.65. The predicted molar refractivity (Wildman–Crippen MR) is 132 cm³/mol. The first kappa shape index (κ1) is 27.7. The van der Waals surface area contributed by atoms with Crippen molar-refractivity contribution in [2.24, 2.45) is 5.92 Å². The van der Waals surface area contributed by atoms with Gasteiger partial charge in [-0.05, 0) is 79.7 Å². The summed E-state index contributed by atoms with van der Waals surface area (Å²) in [7, 11) is 0. The van der Waals surface area contributed by atoms with Crippen molar-refractivity contribution in [3.05, 3.63) is 35.9 Å². The third-order valence-corrected chi connectivity index (χ3v) is 5.63. The van der Waals surface area contributed by atoms with Crippen molar-refractivity contribution in [1.29, 1.82) is 0 Å². The number of aryl methyl sites for hydroxylation is 1. The third-order valence-electron chi connectivity index (χ3n) is 5.63. The summed E-state index contributed by atoms with van der Waals surface area (Å²) in [6, 6.07) is 9.15. The van der Waals surface area contributed by atoms with E-state index in [0.717, 1.165) is 12.0 Å². The zero-order valence-electron chi connectivity index (χ0n) is 21.9. The highest BCUT2D eigenvalue weighted by molar-refractivity contribution is 5.85. The van der Waals surface area contributed by atoms with Gasteiger partial charge in [-0.15, -0.1) is 0 Å². The van der Waals surface area contributed by atoms with Gasteiger partial charge in [0.2, 0.25) is 0 Å². The second kappa shape index (κ2) is 11.7. The molecule has 190 valence electrons. The summed E-state index contributed by atoms with van der Waals surface area (Å²) in [5.74, 6) is -1.15. The van der Waals surface area contributed by atoms with Gasteiger partial charge in [0.05, 0.1) is 5.92 Å². The Balaban J connectivity index is 2.15. The van der Waals surface area contributed by atoms with E-state index in [1.165, 1.54) is 0 Å². The summed E-state index contributed by atoms with van der Waals surface area (Å²) in [6.45, 7) is 14.1. The van der Waals surface area contributed by atoms with Crippen molar-refractivity contribution in [3.63, 3.8) is 0 Å². The normalized spacial score (nSPS) is 17.3. The summed E-state index contributed by atoms with van der Waals surface area (Å²) in [5.41, 5.74) is -0.0900. The average molecular weight is 475 g/mol. The minimum absolute atomic E-state index is 0.232. The van der Waals surface area contributed by atoms with E-state index in [0.29, 0.717) is 32.4 Å². The Hall–Kier alpha value is -2.57. The Kier molecular flexibility index (Phi) is 9.54. The number of amides is 2. The van der Waals surface area contributed by atoms with Gasteiger partial charge in [0.25, 0.3) is 0 Å². The Morgan fingerprint density at radius 3 is 2.21 bits per heavy atom. The number of rotatable bonds is 8. The van der Waals surface area contributed by atoms with E-state index in [1.807, 2.05) is 78.8 Å². The van der Waals surface area contributed by atoms with Crippen LogP contribution >= 0.6 is 0 Å². The Morgan fingerprint density at radius 1 is 1.03 bits per heavy atom. The van der Waals surface area contributed by atoms with Crippen LogP contribution in [0.25, 0.3) is 0 Å². The van der Waals surface area contributed by atoms with Crippen LogP contribution in [0.2, 0.25) is 0 Å². The van der Waals surface area contributed by atoms with Gasteiger partial charge in [-0.3, -0.25) is 4.79 Å². The molecule has 1 saturated heterocycles. The van der Waals surface area contributed by atoms with E-state index in [4.69, 9.17) is 9.47 Å². The van der Waals surface area contributed by atoms with Gasteiger partial charge >= 0.3 is 18.0 Å². The highest BCUT2D eigenvalue weighted by Crippen LogP contribution is 2.24. The minimum atomic E-state index is -0.613. The van der Waals surface area contributed by atoms with Crippen LogP contribution in [0, 0.1) is 5.92 Å². The van der Waals surface area contributed by atoms with Crippen LogP contribution in [0.4, 0.5) is 4.79 Å². The van der Waals surface area contributed by atoms with Gasteiger partial charge < -0.3 is 19.3 Å². The molecule has 2 amide bonds.